The van der Waals surface area contributed by atoms with E-state index in [9.17, 15) is 9.59 Å². The Morgan fingerprint density at radius 2 is 2.04 bits per heavy atom. The number of fused-ring (bicyclic) bond motifs is 1. The van der Waals surface area contributed by atoms with Gasteiger partial charge in [0.15, 0.2) is 0 Å². The van der Waals surface area contributed by atoms with Gasteiger partial charge in [0.2, 0.25) is 5.91 Å². The van der Waals surface area contributed by atoms with Crippen molar-refractivity contribution in [2.75, 3.05) is 5.32 Å². The minimum absolute atomic E-state index is 0.136. The Hall–Kier alpha value is -3.92. The minimum atomic E-state index is -0.376. The number of aromatic amines is 1. The molecule has 4 rings (SSSR count). The number of hydrogen-bond donors (Lipinski definition) is 3. The van der Waals surface area contributed by atoms with Gasteiger partial charge >= 0.3 is 0 Å². The zero-order valence-electron chi connectivity index (χ0n) is 15.1. The summed E-state index contributed by atoms with van der Waals surface area (Å²) in [5.41, 5.74) is 3.93. The molecule has 0 spiro atoms. The number of H-pyrrole nitrogens is 1. The highest BCUT2D eigenvalue weighted by atomic mass is 16.2. The van der Waals surface area contributed by atoms with E-state index < -0.39 is 0 Å². The normalized spacial score (nSPS) is 16.6. The summed E-state index contributed by atoms with van der Waals surface area (Å²) in [6, 6.07) is 14.5. The van der Waals surface area contributed by atoms with E-state index >= 15 is 0 Å². The second kappa shape index (κ2) is 7.00. The highest BCUT2D eigenvalue weighted by molar-refractivity contribution is 6.07. The fourth-order valence-corrected chi connectivity index (χ4v) is 3.50. The Kier molecular flexibility index (Phi) is 4.38. The average Bonchev–Trinajstić information content (AvgIpc) is 3.15. The van der Waals surface area contributed by atoms with E-state index in [1.165, 1.54) is 0 Å². The van der Waals surface area contributed by atoms with Crippen molar-refractivity contribution in [3.8, 4) is 6.07 Å². The maximum Gasteiger partial charge on any atom is 0.253 e. The molecule has 7 heteroatoms. The number of carbonyl (C=O) groups is 2. The van der Waals surface area contributed by atoms with E-state index in [1.54, 1.807) is 43.5 Å². The van der Waals surface area contributed by atoms with Crippen molar-refractivity contribution in [3.63, 3.8) is 0 Å². The average molecular weight is 371 g/mol. The molecule has 0 bridgehead atoms. The highest BCUT2D eigenvalue weighted by Gasteiger charge is 2.31. The first-order valence-electron chi connectivity index (χ1n) is 8.80. The molecule has 7 nitrogen and oxygen atoms in total. The summed E-state index contributed by atoms with van der Waals surface area (Å²) in [4.78, 5) is 25.2. The standard InChI is InChI=1S/C21H17N5O2/c1-12-20(21(28)25-16-6-7-18-15(8-16)11-23-26-18)17(9-19(27)24-12)14-4-2-13(10-22)3-5-14/h2-8,11,17H,9H2,1H3,(H,23,26)(H,24,27)(H,25,28). The van der Waals surface area contributed by atoms with Crippen LogP contribution in [0.3, 0.4) is 0 Å². The third kappa shape index (κ3) is 3.23. The number of benzene rings is 2. The molecular formula is C21H17N5O2. The van der Waals surface area contributed by atoms with Crippen LogP contribution in [0.15, 0.2) is 59.9 Å². The van der Waals surface area contributed by atoms with Crippen molar-refractivity contribution in [1.82, 2.24) is 15.5 Å². The second-order valence-corrected chi connectivity index (χ2v) is 6.70. The van der Waals surface area contributed by atoms with Gasteiger partial charge in [0.05, 0.1) is 23.3 Å². The van der Waals surface area contributed by atoms with Gasteiger partial charge in [-0.1, -0.05) is 12.1 Å². The van der Waals surface area contributed by atoms with E-state index in [0.29, 0.717) is 22.5 Å². The fourth-order valence-electron chi connectivity index (χ4n) is 3.50. The fraction of sp³-hybridized carbons (Fsp3) is 0.143. The van der Waals surface area contributed by atoms with E-state index in [-0.39, 0.29) is 24.2 Å². The molecule has 0 saturated heterocycles. The van der Waals surface area contributed by atoms with Crippen molar-refractivity contribution in [2.24, 2.45) is 0 Å². The van der Waals surface area contributed by atoms with Crippen molar-refractivity contribution >= 4 is 28.4 Å². The summed E-state index contributed by atoms with van der Waals surface area (Å²) in [5, 5.41) is 22.4. The topological polar surface area (TPSA) is 111 Å². The van der Waals surface area contributed by atoms with Crippen LogP contribution in [0.4, 0.5) is 5.69 Å². The number of anilines is 1. The number of rotatable bonds is 3. The summed E-state index contributed by atoms with van der Waals surface area (Å²) in [7, 11) is 0. The zero-order valence-corrected chi connectivity index (χ0v) is 15.1. The number of hydrogen-bond acceptors (Lipinski definition) is 4. The molecule has 2 heterocycles. The first-order chi connectivity index (χ1) is 13.5. The molecular weight excluding hydrogens is 354 g/mol. The van der Waals surface area contributed by atoms with Gasteiger partial charge in [-0.2, -0.15) is 10.4 Å². The van der Waals surface area contributed by atoms with Crippen LogP contribution in [-0.4, -0.2) is 22.0 Å². The lowest BCUT2D eigenvalue weighted by molar-refractivity contribution is -0.121. The van der Waals surface area contributed by atoms with Gasteiger partial charge in [-0.05, 0) is 42.8 Å². The van der Waals surface area contributed by atoms with Gasteiger partial charge in [0, 0.05) is 34.7 Å². The molecule has 3 aromatic rings. The maximum atomic E-state index is 13.1. The second-order valence-electron chi connectivity index (χ2n) is 6.70. The van der Waals surface area contributed by atoms with Crippen LogP contribution in [-0.2, 0) is 9.59 Å². The summed E-state index contributed by atoms with van der Waals surface area (Å²) in [6.45, 7) is 1.72. The van der Waals surface area contributed by atoms with Crippen molar-refractivity contribution in [3.05, 3.63) is 71.1 Å². The van der Waals surface area contributed by atoms with Crippen molar-refractivity contribution in [1.29, 1.82) is 5.26 Å². The number of amides is 2. The Balaban J connectivity index is 1.66. The lowest BCUT2D eigenvalue weighted by atomic mass is 9.83. The SMILES string of the molecule is CC1=C(C(=O)Nc2ccc3[nH]ncc3c2)C(c2ccc(C#N)cc2)CC(=O)N1. The molecule has 1 aliphatic rings. The molecule has 0 fully saturated rings. The molecule has 138 valence electrons. The minimum Gasteiger partial charge on any atom is -0.330 e. The summed E-state index contributed by atoms with van der Waals surface area (Å²) in [5.74, 6) is -0.780. The number of carbonyl (C=O) groups excluding carboxylic acids is 2. The van der Waals surface area contributed by atoms with Crippen LogP contribution >= 0.6 is 0 Å². The smallest absolute Gasteiger partial charge is 0.253 e. The largest absolute Gasteiger partial charge is 0.330 e. The molecule has 1 aromatic heterocycles. The zero-order chi connectivity index (χ0) is 19.7. The molecule has 2 aromatic carbocycles. The highest BCUT2D eigenvalue weighted by Crippen LogP contribution is 2.33. The van der Waals surface area contributed by atoms with Crippen LogP contribution < -0.4 is 10.6 Å². The van der Waals surface area contributed by atoms with Crippen molar-refractivity contribution in [2.45, 2.75) is 19.3 Å². The third-order valence-corrected chi connectivity index (χ3v) is 4.85. The third-order valence-electron chi connectivity index (χ3n) is 4.85. The summed E-state index contributed by atoms with van der Waals surface area (Å²) in [6.07, 6.45) is 1.86. The van der Waals surface area contributed by atoms with Gasteiger partial charge < -0.3 is 10.6 Å². The number of nitrogens with zero attached hydrogens (tertiary/aromatic N) is 2. The molecule has 2 amide bonds. The van der Waals surface area contributed by atoms with Crippen LogP contribution in [0.2, 0.25) is 0 Å². The quantitative estimate of drug-likeness (QED) is 0.657. The Morgan fingerprint density at radius 1 is 1.25 bits per heavy atom. The summed E-state index contributed by atoms with van der Waals surface area (Å²) >= 11 is 0. The van der Waals surface area contributed by atoms with Gasteiger partial charge in [-0.3, -0.25) is 14.7 Å². The van der Waals surface area contributed by atoms with Gasteiger partial charge in [0.25, 0.3) is 5.91 Å². The first kappa shape index (κ1) is 17.5. The number of aromatic nitrogens is 2. The predicted octanol–water partition coefficient (Wildman–Crippen LogP) is 2.95. The van der Waals surface area contributed by atoms with Gasteiger partial charge in [-0.25, -0.2) is 0 Å². The molecule has 3 N–H and O–H groups in total. The van der Waals surface area contributed by atoms with E-state index in [2.05, 4.69) is 26.9 Å². The number of nitriles is 1. The first-order valence-corrected chi connectivity index (χ1v) is 8.80. The molecule has 1 aliphatic heterocycles. The molecule has 0 aliphatic carbocycles. The van der Waals surface area contributed by atoms with Crippen LogP contribution in [0.5, 0.6) is 0 Å². The van der Waals surface area contributed by atoms with Crippen LogP contribution in [0.25, 0.3) is 10.9 Å². The molecule has 0 radical (unpaired) electrons. The lowest BCUT2D eigenvalue weighted by Crippen LogP contribution is -2.35. The number of nitrogens with one attached hydrogen (secondary N) is 3. The van der Waals surface area contributed by atoms with Gasteiger partial charge in [-0.15, -0.1) is 0 Å². The Labute approximate surface area is 161 Å². The monoisotopic (exact) mass is 371 g/mol. The molecule has 1 unspecified atom stereocenters. The molecule has 1 atom stereocenters. The number of allylic oxidation sites excluding steroid dienone is 1. The van der Waals surface area contributed by atoms with E-state index in [0.717, 1.165) is 16.5 Å². The Bertz CT molecular complexity index is 1150. The molecule has 0 saturated carbocycles. The maximum absolute atomic E-state index is 13.1. The van der Waals surface area contributed by atoms with Crippen molar-refractivity contribution < 1.29 is 9.59 Å². The van der Waals surface area contributed by atoms with E-state index in [4.69, 9.17) is 5.26 Å². The van der Waals surface area contributed by atoms with E-state index in [1.807, 2.05) is 12.1 Å². The molecule has 28 heavy (non-hydrogen) atoms. The summed E-state index contributed by atoms with van der Waals surface area (Å²) < 4.78 is 0. The lowest BCUT2D eigenvalue weighted by Gasteiger charge is -2.27. The van der Waals surface area contributed by atoms with Crippen LogP contribution in [0, 0.1) is 11.3 Å². The van der Waals surface area contributed by atoms with Gasteiger partial charge in [0.1, 0.15) is 0 Å². The predicted molar refractivity (Wildman–Crippen MR) is 104 cm³/mol. The van der Waals surface area contributed by atoms with Crippen LogP contribution in [0.1, 0.15) is 30.4 Å². The Morgan fingerprint density at radius 3 is 2.79 bits per heavy atom.